The Hall–Kier alpha value is -0.900. The van der Waals surface area contributed by atoms with Crippen LogP contribution in [0.15, 0.2) is 15.4 Å². The molecular weight excluding hydrogens is 389 g/mol. The number of benzene rings is 1. The third kappa shape index (κ3) is 4.29. The van der Waals surface area contributed by atoms with Crippen LogP contribution in [0.2, 0.25) is 5.02 Å². The Labute approximate surface area is 135 Å². The molecule has 0 heterocycles. The molecular formula is C11H14BrClFN3O3S. The molecule has 1 aromatic rings. The van der Waals surface area contributed by atoms with Crippen molar-refractivity contribution in [1.29, 1.82) is 0 Å². The molecule has 0 radical (unpaired) electrons. The molecule has 10 heteroatoms. The summed E-state index contributed by atoms with van der Waals surface area (Å²) in [5.74, 6) is -1.36. The first-order chi connectivity index (χ1) is 9.58. The zero-order chi connectivity index (χ0) is 16.4. The molecule has 0 unspecified atom stereocenters. The lowest BCUT2D eigenvalue weighted by molar-refractivity contribution is -0.128. The standard InChI is InChI=1S/C11H14BrClFN3O3S/c1-17(2)8(18)3-4-16-21(19,20)7-5-6(13)9(12)11(15)10(7)14/h5,16H,3-4,15H2,1-2H3. The third-order valence-electron chi connectivity index (χ3n) is 2.58. The maximum atomic E-state index is 13.9. The van der Waals surface area contributed by atoms with Gasteiger partial charge in [-0.25, -0.2) is 17.5 Å². The highest BCUT2D eigenvalue weighted by Crippen LogP contribution is 2.34. The first kappa shape index (κ1) is 18.1. The second-order valence-electron chi connectivity index (χ2n) is 4.33. The van der Waals surface area contributed by atoms with Gasteiger partial charge in [0.25, 0.3) is 0 Å². The fourth-order valence-corrected chi connectivity index (χ4v) is 3.10. The lowest BCUT2D eigenvalue weighted by Crippen LogP contribution is -2.30. The summed E-state index contributed by atoms with van der Waals surface area (Å²) in [5.41, 5.74) is 5.04. The van der Waals surface area contributed by atoms with Crippen LogP contribution in [0.1, 0.15) is 6.42 Å². The minimum absolute atomic E-state index is 0.0290. The van der Waals surface area contributed by atoms with E-state index in [4.69, 9.17) is 17.3 Å². The number of rotatable bonds is 5. The van der Waals surface area contributed by atoms with E-state index in [0.29, 0.717) is 0 Å². The number of anilines is 1. The van der Waals surface area contributed by atoms with E-state index in [-0.39, 0.29) is 28.4 Å². The summed E-state index contributed by atoms with van der Waals surface area (Å²) in [7, 11) is -1.06. The molecule has 1 aromatic carbocycles. The molecule has 21 heavy (non-hydrogen) atoms. The van der Waals surface area contributed by atoms with Crippen molar-refractivity contribution in [2.45, 2.75) is 11.3 Å². The van der Waals surface area contributed by atoms with Crippen molar-refractivity contribution in [3.8, 4) is 0 Å². The Morgan fingerprint density at radius 3 is 2.62 bits per heavy atom. The van der Waals surface area contributed by atoms with E-state index in [1.165, 1.54) is 4.90 Å². The molecule has 118 valence electrons. The third-order valence-corrected chi connectivity index (χ3v) is 5.42. The van der Waals surface area contributed by atoms with Crippen LogP contribution in [0, 0.1) is 5.82 Å². The van der Waals surface area contributed by atoms with Crippen LogP contribution in [-0.2, 0) is 14.8 Å². The predicted molar refractivity (Wildman–Crippen MR) is 82.0 cm³/mol. The maximum Gasteiger partial charge on any atom is 0.243 e. The molecule has 0 saturated carbocycles. The minimum atomic E-state index is -4.16. The van der Waals surface area contributed by atoms with Crippen molar-refractivity contribution >= 4 is 49.1 Å². The van der Waals surface area contributed by atoms with E-state index >= 15 is 0 Å². The SMILES string of the molecule is CN(C)C(=O)CCNS(=O)(=O)c1cc(Cl)c(Br)c(N)c1F. The Morgan fingerprint density at radius 1 is 1.52 bits per heavy atom. The molecule has 0 aromatic heterocycles. The average molecular weight is 403 g/mol. The number of hydrogen-bond donors (Lipinski definition) is 2. The molecule has 0 fully saturated rings. The number of nitrogens with two attached hydrogens (primary N) is 1. The molecule has 0 atom stereocenters. The van der Waals surface area contributed by atoms with Crippen LogP contribution in [0.5, 0.6) is 0 Å². The van der Waals surface area contributed by atoms with Crippen molar-refractivity contribution in [1.82, 2.24) is 9.62 Å². The number of nitrogens with one attached hydrogen (secondary N) is 1. The van der Waals surface area contributed by atoms with Crippen molar-refractivity contribution in [2.75, 3.05) is 26.4 Å². The number of hydrogen-bond acceptors (Lipinski definition) is 4. The van der Waals surface area contributed by atoms with Gasteiger partial charge >= 0.3 is 0 Å². The van der Waals surface area contributed by atoms with Crippen LogP contribution in [-0.4, -0.2) is 39.9 Å². The molecule has 1 rings (SSSR count). The number of sulfonamides is 1. The van der Waals surface area contributed by atoms with Gasteiger partial charge < -0.3 is 10.6 Å². The lowest BCUT2D eigenvalue weighted by Gasteiger charge is -2.12. The number of carbonyl (C=O) groups excluding carboxylic acids is 1. The zero-order valence-electron chi connectivity index (χ0n) is 11.3. The Balaban J connectivity index is 2.97. The second kappa shape index (κ2) is 6.91. The zero-order valence-corrected chi connectivity index (χ0v) is 14.4. The van der Waals surface area contributed by atoms with Gasteiger partial charge in [-0.2, -0.15) is 0 Å². The van der Waals surface area contributed by atoms with Gasteiger partial charge in [0.1, 0.15) is 4.90 Å². The minimum Gasteiger partial charge on any atom is -0.395 e. The first-order valence-corrected chi connectivity index (χ1v) is 8.36. The van der Waals surface area contributed by atoms with Gasteiger partial charge in [0.05, 0.1) is 15.2 Å². The van der Waals surface area contributed by atoms with E-state index in [0.717, 1.165) is 6.07 Å². The smallest absolute Gasteiger partial charge is 0.243 e. The van der Waals surface area contributed by atoms with Crippen molar-refractivity contribution in [3.05, 3.63) is 21.4 Å². The van der Waals surface area contributed by atoms with Crippen molar-refractivity contribution in [2.24, 2.45) is 0 Å². The molecule has 0 aliphatic carbocycles. The summed E-state index contributed by atoms with van der Waals surface area (Å²) in [6, 6.07) is 0.952. The Kier molecular flexibility index (Phi) is 5.97. The van der Waals surface area contributed by atoms with Gasteiger partial charge in [0, 0.05) is 27.1 Å². The maximum absolute atomic E-state index is 13.9. The van der Waals surface area contributed by atoms with E-state index in [1.807, 2.05) is 0 Å². The summed E-state index contributed by atoms with van der Waals surface area (Å²) in [4.78, 5) is 12.0. The fourth-order valence-electron chi connectivity index (χ4n) is 1.39. The molecule has 0 spiro atoms. The summed E-state index contributed by atoms with van der Waals surface area (Å²) < 4.78 is 40.2. The van der Waals surface area contributed by atoms with E-state index in [9.17, 15) is 17.6 Å². The van der Waals surface area contributed by atoms with Crippen LogP contribution < -0.4 is 10.5 Å². The number of carbonyl (C=O) groups is 1. The average Bonchev–Trinajstić information content (AvgIpc) is 2.39. The van der Waals surface area contributed by atoms with Gasteiger partial charge in [0.15, 0.2) is 5.82 Å². The monoisotopic (exact) mass is 401 g/mol. The second-order valence-corrected chi connectivity index (χ2v) is 7.27. The number of nitrogen functional groups attached to an aromatic ring is 1. The van der Waals surface area contributed by atoms with Gasteiger partial charge in [-0.05, 0) is 22.0 Å². The van der Waals surface area contributed by atoms with E-state index < -0.39 is 26.4 Å². The summed E-state index contributed by atoms with van der Waals surface area (Å²) in [6.45, 7) is -0.160. The van der Waals surface area contributed by atoms with Crippen LogP contribution >= 0.6 is 27.5 Å². The normalized spacial score (nSPS) is 11.5. The largest absolute Gasteiger partial charge is 0.395 e. The van der Waals surface area contributed by atoms with Gasteiger partial charge in [-0.15, -0.1) is 0 Å². The number of amides is 1. The molecule has 6 nitrogen and oxygen atoms in total. The Morgan fingerprint density at radius 2 is 2.10 bits per heavy atom. The molecule has 0 aliphatic heterocycles. The van der Waals surface area contributed by atoms with E-state index in [2.05, 4.69) is 20.7 Å². The van der Waals surface area contributed by atoms with Crippen LogP contribution in [0.4, 0.5) is 10.1 Å². The Bertz CT molecular complexity index is 667. The highest BCUT2D eigenvalue weighted by atomic mass is 79.9. The van der Waals surface area contributed by atoms with Crippen LogP contribution in [0.3, 0.4) is 0 Å². The predicted octanol–water partition coefficient (Wildman–Crippen LogP) is 1.58. The number of halogens is 3. The van der Waals surface area contributed by atoms with E-state index in [1.54, 1.807) is 14.1 Å². The van der Waals surface area contributed by atoms with Crippen LogP contribution in [0.25, 0.3) is 0 Å². The van der Waals surface area contributed by atoms with Gasteiger partial charge in [-0.1, -0.05) is 11.6 Å². The van der Waals surface area contributed by atoms with Crippen molar-refractivity contribution in [3.63, 3.8) is 0 Å². The summed E-state index contributed by atoms with van der Waals surface area (Å²) >= 11 is 8.73. The highest BCUT2D eigenvalue weighted by molar-refractivity contribution is 9.10. The number of nitrogens with zero attached hydrogens (tertiary/aromatic N) is 1. The lowest BCUT2D eigenvalue weighted by atomic mass is 10.3. The summed E-state index contributed by atoms with van der Waals surface area (Å²) in [5, 5.41) is -0.0290. The molecule has 0 bridgehead atoms. The molecule has 3 N–H and O–H groups in total. The fraction of sp³-hybridized carbons (Fsp3) is 0.364. The van der Waals surface area contributed by atoms with Gasteiger partial charge in [-0.3, -0.25) is 4.79 Å². The first-order valence-electron chi connectivity index (χ1n) is 5.70. The summed E-state index contributed by atoms with van der Waals surface area (Å²) in [6.07, 6.45) is -0.0480. The molecule has 0 aliphatic rings. The van der Waals surface area contributed by atoms with Gasteiger partial charge in [0.2, 0.25) is 15.9 Å². The van der Waals surface area contributed by atoms with Crippen molar-refractivity contribution < 1.29 is 17.6 Å². The molecule has 0 saturated heterocycles. The highest BCUT2D eigenvalue weighted by Gasteiger charge is 2.24. The quantitative estimate of drug-likeness (QED) is 0.578. The topological polar surface area (TPSA) is 92.5 Å². The molecule has 1 amide bonds.